The van der Waals surface area contributed by atoms with E-state index in [0.29, 0.717) is 0 Å². The molecule has 0 aliphatic carbocycles. The Labute approximate surface area is 60.9 Å². The minimum atomic E-state index is 0. The second-order valence-electron chi connectivity index (χ2n) is 2.08. The third kappa shape index (κ3) is 1.45. The number of rotatable bonds is 0. The molecule has 1 heterocycles. The van der Waals surface area contributed by atoms with Crippen molar-refractivity contribution >= 4 is 18.3 Å². The normalized spacial score (nSPS) is 18.1. The number of likely N-dealkylation sites (tertiary alicyclic amines) is 1. The lowest BCUT2D eigenvalue weighted by Gasteiger charge is -2.03. The average Bonchev–Trinajstić information content (AvgIpc) is 1.98. The summed E-state index contributed by atoms with van der Waals surface area (Å²) in [5, 5.41) is 0. The molecule has 1 aliphatic heterocycles. The lowest BCUT2D eigenvalue weighted by molar-refractivity contribution is -0.123. The predicted octanol–water partition coefficient (Wildman–Crippen LogP) is 0.827. The van der Waals surface area contributed by atoms with E-state index in [9.17, 15) is 4.79 Å². The maximum Gasteiger partial charge on any atom is 0.248 e. The summed E-state index contributed by atoms with van der Waals surface area (Å²) in [6.45, 7) is 4.44. The van der Waals surface area contributed by atoms with Gasteiger partial charge in [-0.15, -0.1) is 12.4 Å². The Balaban J connectivity index is 0.000000640. The van der Waals surface area contributed by atoms with Gasteiger partial charge in [-0.05, 0) is 6.42 Å². The number of halogens is 1. The van der Waals surface area contributed by atoms with Crippen molar-refractivity contribution in [2.75, 3.05) is 13.6 Å². The van der Waals surface area contributed by atoms with Gasteiger partial charge < -0.3 is 4.90 Å². The number of carbonyl (C=O) groups is 1. The van der Waals surface area contributed by atoms with Crippen LogP contribution >= 0.6 is 12.4 Å². The van der Waals surface area contributed by atoms with Crippen molar-refractivity contribution in [3.8, 4) is 0 Å². The first-order chi connectivity index (χ1) is 3.72. The van der Waals surface area contributed by atoms with Gasteiger partial charge in [-0.1, -0.05) is 6.58 Å². The van der Waals surface area contributed by atoms with Crippen LogP contribution in [-0.2, 0) is 4.79 Å². The van der Waals surface area contributed by atoms with Crippen LogP contribution in [0.5, 0.6) is 0 Å². The molecule has 2 nitrogen and oxygen atoms in total. The van der Waals surface area contributed by atoms with Crippen molar-refractivity contribution in [3.63, 3.8) is 0 Å². The molecule has 1 rings (SSSR count). The predicted molar refractivity (Wildman–Crippen MR) is 38.6 cm³/mol. The van der Waals surface area contributed by atoms with Crippen LogP contribution in [0.25, 0.3) is 0 Å². The van der Waals surface area contributed by atoms with Crippen LogP contribution in [0, 0.1) is 0 Å². The highest BCUT2D eigenvalue weighted by atomic mass is 35.5. The van der Waals surface area contributed by atoms with Crippen molar-refractivity contribution in [1.29, 1.82) is 0 Å². The summed E-state index contributed by atoms with van der Waals surface area (Å²) in [7, 11) is 1.79. The van der Waals surface area contributed by atoms with Gasteiger partial charge in [-0.2, -0.15) is 0 Å². The van der Waals surface area contributed by atoms with Crippen molar-refractivity contribution in [2.45, 2.75) is 6.42 Å². The van der Waals surface area contributed by atoms with E-state index in [1.807, 2.05) is 0 Å². The number of nitrogens with zero attached hydrogens (tertiary/aromatic N) is 1. The molecule has 0 unspecified atom stereocenters. The molecule has 0 atom stereocenters. The van der Waals surface area contributed by atoms with Crippen molar-refractivity contribution in [3.05, 3.63) is 12.2 Å². The Hall–Kier alpha value is -0.500. The zero-order valence-corrected chi connectivity index (χ0v) is 6.20. The van der Waals surface area contributed by atoms with Crippen molar-refractivity contribution in [1.82, 2.24) is 4.90 Å². The summed E-state index contributed by atoms with van der Waals surface area (Å²) in [5.74, 6) is 0.102. The molecule has 3 heteroatoms. The molecule has 0 aromatic rings. The molecule has 1 fully saturated rings. The van der Waals surface area contributed by atoms with Crippen molar-refractivity contribution in [2.24, 2.45) is 0 Å². The quantitative estimate of drug-likeness (QED) is 0.465. The molecule has 1 saturated heterocycles. The minimum absolute atomic E-state index is 0. The number of amides is 1. The fraction of sp³-hybridized carbons (Fsp3) is 0.500. The van der Waals surface area contributed by atoms with Gasteiger partial charge in [0.1, 0.15) is 0 Å². The molecular formula is C6H10ClNO. The standard InChI is InChI=1S/C6H9NO.ClH/c1-5-3-4-7(2)6(5)8;/h1,3-4H2,2H3;1H. The van der Waals surface area contributed by atoms with Crippen LogP contribution in [-0.4, -0.2) is 24.4 Å². The van der Waals surface area contributed by atoms with Gasteiger partial charge in [0.15, 0.2) is 0 Å². The van der Waals surface area contributed by atoms with Crippen LogP contribution in [0.15, 0.2) is 12.2 Å². The topological polar surface area (TPSA) is 20.3 Å². The van der Waals surface area contributed by atoms with E-state index in [0.717, 1.165) is 18.5 Å². The number of likely N-dealkylation sites (N-methyl/N-ethyl adjacent to an activating group) is 1. The average molecular weight is 148 g/mol. The zero-order chi connectivity index (χ0) is 6.15. The highest BCUT2D eigenvalue weighted by molar-refractivity contribution is 5.94. The van der Waals surface area contributed by atoms with E-state index >= 15 is 0 Å². The first kappa shape index (κ1) is 8.50. The number of hydrogen-bond donors (Lipinski definition) is 0. The third-order valence-electron chi connectivity index (χ3n) is 1.40. The van der Waals surface area contributed by atoms with E-state index < -0.39 is 0 Å². The Bertz CT molecular complexity index is 144. The lowest BCUT2D eigenvalue weighted by Crippen LogP contribution is -2.18. The molecule has 9 heavy (non-hydrogen) atoms. The molecule has 0 aromatic carbocycles. The largest absolute Gasteiger partial charge is 0.342 e. The highest BCUT2D eigenvalue weighted by Crippen LogP contribution is 2.11. The monoisotopic (exact) mass is 147 g/mol. The lowest BCUT2D eigenvalue weighted by atomic mass is 10.3. The van der Waals surface area contributed by atoms with Crippen LogP contribution in [0.3, 0.4) is 0 Å². The van der Waals surface area contributed by atoms with E-state index in [4.69, 9.17) is 0 Å². The van der Waals surface area contributed by atoms with E-state index in [1.165, 1.54) is 0 Å². The zero-order valence-electron chi connectivity index (χ0n) is 5.39. The van der Waals surface area contributed by atoms with Gasteiger partial charge in [0.2, 0.25) is 5.91 Å². The summed E-state index contributed by atoms with van der Waals surface area (Å²) in [5.41, 5.74) is 0.743. The molecule has 52 valence electrons. The SMILES string of the molecule is C=C1CCN(C)C1=O.Cl. The smallest absolute Gasteiger partial charge is 0.248 e. The maximum absolute atomic E-state index is 10.7. The van der Waals surface area contributed by atoms with Crippen LogP contribution in [0.4, 0.5) is 0 Å². The first-order valence-corrected chi connectivity index (χ1v) is 2.65. The minimum Gasteiger partial charge on any atom is -0.342 e. The van der Waals surface area contributed by atoms with Crippen LogP contribution in [0.1, 0.15) is 6.42 Å². The van der Waals surface area contributed by atoms with Crippen LogP contribution < -0.4 is 0 Å². The Morgan fingerprint density at radius 1 is 1.67 bits per heavy atom. The van der Waals surface area contributed by atoms with Gasteiger partial charge in [0.25, 0.3) is 0 Å². The van der Waals surface area contributed by atoms with Gasteiger partial charge in [-0.3, -0.25) is 4.79 Å². The van der Waals surface area contributed by atoms with Gasteiger partial charge in [0.05, 0.1) is 0 Å². The van der Waals surface area contributed by atoms with Gasteiger partial charge in [0, 0.05) is 19.2 Å². The highest BCUT2D eigenvalue weighted by Gasteiger charge is 2.19. The second-order valence-corrected chi connectivity index (χ2v) is 2.08. The molecule has 0 aromatic heterocycles. The fourth-order valence-corrected chi connectivity index (χ4v) is 0.781. The second kappa shape index (κ2) is 2.87. The molecule has 0 radical (unpaired) electrons. The summed E-state index contributed by atoms with van der Waals surface area (Å²) in [6, 6.07) is 0. The molecule has 1 amide bonds. The third-order valence-corrected chi connectivity index (χ3v) is 1.40. The summed E-state index contributed by atoms with van der Waals surface area (Å²) in [6.07, 6.45) is 0.843. The Morgan fingerprint density at radius 3 is 2.33 bits per heavy atom. The fourth-order valence-electron chi connectivity index (χ4n) is 0.781. The number of hydrogen-bond acceptors (Lipinski definition) is 1. The molecule has 1 aliphatic rings. The maximum atomic E-state index is 10.7. The first-order valence-electron chi connectivity index (χ1n) is 2.65. The molecule has 0 bridgehead atoms. The van der Waals surface area contributed by atoms with E-state index in [2.05, 4.69) is 6.58 Å². The molecular weight excluding hydrogens is 138 g/mol. The summed E-state index contributed by atoms with van der Waals surface area (Å²) < 4.78 is 0. The van der Waals surface area contributed by atoms with Gasteiger partial charge >= 0.3 is 0 Å². The summed E-state index contributed by atoms with van der Waals surface area (Å²) in [4.78, 5) is 12.4. The summed E-state index contributed by atoms with van der Waals surface area (Å²) >= 11 is 0. The Morgan fingerprint density at radius 2 is 2.22 bits per heavy atom. The molecule has 0 N–H and O–H groups in total. The van der Waals surface area contributed by atoms with Gasteiger partial charge in [-0.25, -0.2) is 0 Å². The van der Waals surface area contributed by atoms with E-state index in [1.54, 1.807) is 11.9 Å². The molecule has 0 spiro atoms. The van der Waals surface area contributed by atoms with Crippen molar-refractivity contribution < 1.29 is 4.79 Å². The van der Waals surface area contributed by atoms with E-state index in [-0.39, 0.29) is 18.3 Å². The number of carbonyl (C=O) groups excluding carboxylic acids is 1. The molecule has 0 saturated carbocycles. The van der Waals surface area contributed by atoms with Crippen LogP contribution in [0.2, 0.25) is 0 Å². The Kier molecular flexibility index (Phi) is 2.71.